The number of hydrogen-bond acceptors (Lipinski definition) is 9. The Morgan fingerprint density at radius 2 is 1.97 bits per heavy atom. The van der Waals surface area contributed by atoms with Crippen molar-refractivity contribution in [1.29, 1.82) is 0 Å². The highest BCUT2D eigenvalue weighted by Crippen LogP contribution is 2.56. The predicted octanol–water partition coefficient (Wildman–Crippen LogP) is -0.404. The van der Waals surface area contributed by atoms with Crippen molar-refractivity contribution in [2.45, 2.75) is 33.0 Å². The molecule has 2 aliphatic heterocycles. The molecule has 12 nitrogen and oxygen atoms in total. The number of esters is 2. The number of hydrogen-bond donors (Lipinski definition) is 3. The van der Waals surface area contributed by atoms with E-state index in [1.807, 2.05) is 0 Å². The molecule has 3 heterocycles. The van der Waals surface area contributed by atoms with E-state index in [1.54, 1.807) is 26.0 Å². The van der Waals surface area contributed by atoms with Crippen LogP contribution in [-0.4, -0.2) is 64.4 Å². The fraction of sp³-hybridized carbons (Fsp3) is 0.474. The number of nitrogens with one attached hydrogen (secondary N) is 1. The Hall–Kier alpha value is -3.54. The van der Waals surface area contributed by atoms with Gasteiger partial charge in [0.15, 0.2) is 5.41 Å². The Balaban J connectivity index is 2.21. The first-order valence-corrected chi connectivity index (χ1v) is 9.61. The molecule has 3 rings (SSSR count). The van der Waals surface area contributed by atoms with Crippen LogP contribution < -0.4 is 11.2 Å². The largest absolute Gasteiger partial charge is 0.467 e. The van der Waals surface area contributed by atoms with E-state index in [9.17, 15) is 24.3 Å². The van der Waals surface area contributed by atoms with Crippen LogP contribution in [0.25, 0.3) is 0 Å². The molecule has 1 aromatic heterocycles. The van der Waals surface area contributed by atoms with Gasteiger partial charge in [-0.05, 0) is 32.9 Å². The van der Waals surface area contributed by atoms with E-state index >= 15 is 0 Å². The molecule has 0 aromatic carbocycles. The molecule has 0 radical (unpaired) electrons. The summed E-state index contributed by atoms with van der Waals surface area (Å²) >= 11 is 0. The van der Waals surface area contributed by atoms with Gasteiger partial charge in [0.1, 0.15) is 5.76 Å². The summed E-state index contributed by atoms with van der Waals surface area (Å²) in [4.78, 5) is 52.3. The lowest BCUT2D eigenvalue weighted by atomic mass is 9.75. The average Bonchev–Trinajstić information content (AvgIpc) is 3.33. The molecule has 31 heavy (non-hydrogen) atoms. The summed E-state index contributed by atoms with van der Waals surface area (Å²) in [5.74, 6) is -2.54. The zero-order valence-corrected chi connectivity index (χ0v) is 17.3. The van der Waals surface area contributed by atoms with Gasteiger partial charge in [-0.3, -0.25) is 9.59 Å². The normalized spacial score (nSPS) is 25.0. The van der Waals surface area contributed by atoms with Crippen LogP contribution in [0.3, 0.4) is 0 Å². The fourth-order valence-electron chi connectivity index (χ4n) is 4.16. The van der Waals surface area contributed by atoms with Crippen molar-refractivity contribution >= 4 is 23.9 Å². The Kier molecular flexibility index (Phi) is 5.68. The van der Waals surface area contributed by atoms with Gasteiger partial charge in [-0.1, -0.05) is 0 Å². The summed E-state index contributed by atoms with van der Waals surface area (Å²) < 4.78 is 15.5. The number of carbonyl (C=O) groups excluding carboxylic acids is 4. The summed E-state index contributed by atoms with van der Waals surface area (Å²) in [5, 5.41) is 12.4. The summed E-state index contributed by atoms with van der Waals surface area (Å²) in [6, 6.07) is 2.10. The molecule has 4 N–H and O–H groups in total. The minimum absolute atomic E-state index is 0.0275. The van der Waals surface area contributed by atoms with E-state index in [1.165, 1.54) is 13.2 Å². The second-order valence-electron chi connectivity index (χ2n) is 7.03. The number of nitrogens with two attached hydrogens (primary N) is 1. The maximum absolute atomic E-state index is 13.4. The average molecular weight is 436 g/mol. The third kappa shape index (κ3) is 3.10. The number of carbonyl (C=O) groups is 4. The smallest absolute Gasteiger partial charge is 0.337 e. The molecule has 0 bridgehead atoms. The van der Waals surface area contributed by atoms with E-state index in [0.29, 0.717) is 5.76 Å². The molecule has 0 saturated carbocycles. The van der Waals surface area contributed by atoms with Gasteiger partial charge in [0.25, 0.3) is 11.6 Å². The summed E-state index contributed by atoms with van der Waals surface area (Å²) in [7, 11) is 0. The second kappa shape index (κ2) is 7.95. The number of ether oxygens (including phenoxy) is 2. The number of likely N-dealkylation sites (tertiary alicyclic amines) is 1. The number of hydrazine groups is 1. The zero-order chi connectivity index (χ0) is 23.0. The Morgan fingerprint density at radius 3 is 2.52 bits per heavy atom. The van der Waals surface area contributed by atoms with Crippen LogP contribution in [-0.2, 0) is 30.4 Å². The van der Waals surface area contributed by atoms with Gasteiger partial charge in [0.05, 0.1) is 31.6 Å². The number of rotatable bonds is 7. The second-order valence-corrected chi connectivity index (χ2v) is 7.03. The molecule has 0 aliphatic carbocycles. The lowest BCUT2D eigenvalue weighted by Crippen LogP contribution is -2.66. The molecule has 2 atom stereocenters. The monoisotopic (exact) mass is 436 g/mol. The Morgan fingerprint density at radius 1 is 1.29 bits per heavy atom. The van der Waals surface area contributed by atoms with Gasteiger partial charge < -0.3 is 29.6 Å². The van der Waals surface area contributed by atoms with Crippen molar-refractivity contribution in [3.63, 3.8) is 0 Å². The molecular weight excluding hydrogens is 412 g/mol. The summed E-state index contributed by atoms with van der Waals surface area (Å²) in [6.07, 6.45) is 1.40. The van der Waals surface area contributed by atoms with Gasteiger partial charge in [0.2, 0.25) is 0 Å². The number of nitrogens with zero attached hydrogens (tertiary/aromatic N) is 2. The molecule has 168 valence electrons. The number of primary amides is 1. The minimum atomic E-state index is -2.72. The first-order valence-electron chi connectivity index (χ1n) is 9.61. The van der Waals surface area contributed by atoms with Crippen molar-refractivity contribution in [1.82, 2.24) is 15.3 Å². The van der Waals surface area contributed by atoms with Gasteiger partial charge in [-0.2, -0.15) is 0 Å². The third-order valence-electron chi connectivity index (χ3n) is 5.31. The highest BCUT2D eigenvalue weighted by Gasteiger charge is 2.78. The Labute approximate surface area is 177 Å². The first-order chi connectivity index (χ1) is 14.6. The molecular formula is C19H24N4O8. The standard InChI is InChI=1S/C19H24N4O8/c1-4-29-14(24)13-11(3)23(21-17(20)27)19(28)15(25)22(9-12-7-6-8-31-12)10-18(13,19)16(26)30-5-2/h6-8,28H,4-5,9-10H2,1-3H3,(H3,20,21,27). The molecule has 1 aromatic rings. The van der Waals surface area contributed by atoms with E-state index in [2.05, 4.69) is 5.43 Å². The van der Waals surface area contributed by atoms with Crippen LogP contribution in [0.2, 0.25) is 0 Å². The van der Waals surface area contributed by atoms with Crippen LogP contribution in [0, 0.1) is 5.41 Å². The molecule has 1 saturated heterocycles. The van der Waals surface area contributed by atoms with E-state index in [-0.39, 0.29) is 31.0 Å². The lowest BCUT2D eigenvalue weighted by Gasteiger charge is -2.37. The van der Waals surface area contributed by atoms with E-state index in [4.69, 9.17) is 19.6 Å². The topological polar surface area (TPSA) is 165 Å². The fourth-order valence-corrected chi connectivity index (χ4v) is 4.16. The molecule has 12 heteroatoms. The maximum atomic E-state index is 13.4. The number of amides is 3. The van der Waals surface area contributed by atoms with Gasteiger partial charge in [0, 0.05) is 12.2 Å². The maximum Gasteiger partial charge on any atom is 0.337 e. The molecule has 0 spiro atoms. The molecule has 3 amide bonds. The zero-order valence-electron chi connectivity index (χ0n) is 17.3. The van der Waals surface area contributed by atoms with Crippen LogP contribution >= 0.6 is 0 Å². The molecule has 1 fully saturated rings. The van der Waals surface area contributed by atoms with Crippen LogP contribution in [0.4, 0.5) is 4.79 Å². The number of aliphatic hydroxyl groups is 1. The summed E-state index contributed by atoms with van der Waals surface area (Å²) in [5.41, 5.74) is 2.07. The van der Waals surface area contributed by atoms with Crippen LogP contribution in [0.5, 0.6) is 0 Å². The summed E-state index contributed by atoms with van der Waals surface area (Å²) in [6.45, 7) is 3.82. The van der Waals surface area contributed by atoms with Crippen molar-refractivity contribution in [2.75, 3.05) is 19.8 Å². The third-order valence-corrected chi connectivity index (χ3v) is 5.31. The Bertz CT molecular complexity index is 943. The highest BCUT2D eigenvalue weighted by atomic mass is 16.5. The van der Waals surface area contributed by atoms with Crippen molar-refractivity contribution in [3.05, 3.63) is 35.4 Å². The first kappa shape index (κ1) is 22.2. The highest BCUT2D eigenvalue weighted by molar-refractivity contribution is 6.08. The number of furan rings is 1. The van der Waals surface area contributed by atoms with Crippen LogP contribution in [0.1, 0.15) is 26.5 Å². The SMILES string of the molecule is CCOC(=O)C1=C(C)N(NC(N)=O)C2(O)C(=O)N(Cc3ccco3)CC12C(=O)OCC. The van der Waals surface area contributed by atoms with Crippen LogP contribution in [0.15, 0.2) is 34.1 Å². The van der Waals surface area contributed by atoms with Crippen molar-refractivity contribution in [2.24, 2.45) is 11.1 Å². The van der Waals surface area contributed by atoms with Crippen molar-refractivity contribution < 1.29 is 38.2 Å². The molecule has 2 aliphatic rings. The van der Waals surface area contributed by atoms with Gasteiger partial charge in [-0.15, -0.1) is 0 Å². The van der Waals surface area contributed by atoms with Gasteiger partial charge in [-0.25, -0.2) is 20.0 Å². The minimum Gasteiger partial charge on any atom is -0.467 e. The van der Waals surface area contributed by atoms with E-state index in [0.717, 1.165) is 9.91 Å². The van der Waals surface area contributed by atoms with E-state index < -0.39 is 41.6 Å². The number of urea groups is 1. The van der Waals surface area contributed by atoms with Gasteiger partial charge >= 0.3 is 18.0 Å². The molecule has 2 unspecified atom stereocenters. The van der Waals surface area contributed by atoms with Crippen molar-refractivity contribution in [3.8, 4) is 0 Å². The lowest BCUT2D eigenvalue weighted by molar-refractivity contribution is -0.190. The number of allylic oxidation sites excluding steroid dienone is 1. The number of fused-ring (bicyclic) bond motifs is 1. The quantitative estimate of drug-likeness (QED) is 0.482. The predicted molar refractivity (Wildman–Crippen MR) is 102 cm³/mol.